The van der Waals surface area contributed by atoms with Crippen molar-refractivity contribution in [2.24, 2.45) is 5.92 Å². The highest BCUT2D eigenvalue weighted by Gasteiger charge is 2.20. The number of nitrogens with one attached hydrogen (secondary N) is 2. The highest BCUT2D eigenvalue weighted by molar-refractivity contribution is 6.34. The Labute approximate surface area is 154 Å². The molecule has 0 saturated heterocycles. The molecule has 0 bridgehead atoms. The van der Waals surface area contributed by atoms with Crippen LogP contribution in [0.2, 0.25) is 5.02 Å². The van der Waals surface area contributed by atoms with E-state index in [1.807, 2.05) is 30.3 Å². The van der Waals surface area contributed by atoms with Crippen molar-refractivity contribution in [2.75, 3.05) is 5.32 Å². The van der Waals surface area contributed by atoms with Crippen LogP contribution < -0.4 is 10.6 Å². The van der Waals surface area contributed by atoms with Gasteiger partial charge in [-0.25, -0.2) is 0 Å². The number of amides is 1. The first-order valence-electron chi connectivity index (χ1n) is 9.01. The zero-order valence-electron chi connectivity index (χ0n) is 14.6. The molecule has 2 atom stereocenters. The maximum Gasteiger partial charge on any atom is 0.257 e. The second-order valence-corrected chi connectivity index (χ2v) is 7.29. The number of anilines is 1. The van der Waals surface area contributed by atoms with E-state index in [1.54, 1.807) is 12.1 Å². The quantitative estimate of drug-likeness (QED) is 0.767. The zero-order valence-corrected chi connectivity index (χ0v) is 15.4. The molecule has 1 saturated carbocycles. The first-order chi connectivity index (χ1) is 12.1. The standard InChI is InChI=1S/C21H25ClN2O/c1-15-7-2-5-12-20(15)23-14-16-8-6-9-17(13-16)24-21(25)18-10-3-4-11-19(18)22/h3-4,6,8-11,13,15,20,23H,2,5,7,12,14H2,1H3,(H,24,25). The van der Waals surface area contributed by atoms with E-state index in [4.69, 9.17) is 11.6 Å². The molecule has 2 unspecified atom stereocenters. The van der Waals surface area contributed by atoms with Crippen LogP contribution >= 0.6 is 11.6 Å². The minimum absolute atomic E-state index is 0.184. The Morgan fingerprint density at radius 1 is 1.12 bits per heavy atom. The van der Waals surface area contributed by atoms with E-state index in [9.17, 15) is 4.79 Å². The third-order valence-electron chi connectivity index (χ3n) is 4.98. The summed E-state index contributed by atoms with van der Waals surface area (Å²) in [6.45, 7) is 3.15. The van der Waals surface area contributed by atoms with Crippen molar-refractivity contribution in [1.82, 2.24) is 5.32 Å². The molecule has 0 heterocycles. The minimum atomic E-state index is -0.184. The van der Waals surface area contributed by atoms with Crippen LogP contribution in [0.5, 0.6) is 0 Å². The van der Waals surface area contributed by atoms with Gasteiger partial charge in [0.05, 0.1) is 10.6 Å². The molecule has 2 N–H and O–H groups in total. The smallest absolute Gasteiger partial charge is 0.257 e. The minimum Gasteiger partial charge on any atom is -0.322 e. The van der Waals surface area contributed by atoms with Gasteiger partial charge in [0, 0.05) is 18.3 Å². The summed E-state index contributed by atoms with van der Waals surface area (Å²) in [6.07, 6.45) is 5.23. The molecule has 0 aliphatic heterocycles. The summed E-state index contributed by atoms with van der Waals surface area (Å²) in [5.41, 5.74) is 2.46. The number of benzene rings is 2. The van der Waals surface area contributed by atoms with Crippen LogP contribution in [-0.4, -0.2) is 11.9 Å². The lowest BCUT2D eigenvalue weighted by Crippen LogP contribution is -2.36. The van der Waals surface area contributed by atoms with Crippen LogP contribution in [0.15, 0.2) is 48.5 Å². The highest BCUT2D eigenvalue weighted by Crippen LogP contribution is 2.24. The van der Waals surface area contributed by atoms with Crippen LogP contribution in [-0.2, 0) is 6.54 Å². The molecule has 2 aromatic carbocycles. The summed E-state index contributed by atoms with van der Waals surface area (Å²) >= 11 is 6.10. The van der Waals surface area contributed by atoms with Crippen LogP contribution in [0.4, 0.5) is 5.69 Å². The van der Waals surface area contributed by atoms with Gasteiger partial charge >= 0.3 is 0 Å². The summed E-state index contributed by atoms with van der Waals surface area (Å²) in [5, 5.41) is 7.07. The molecule has 3 nitrogen and oxygen atoms in total. The van der Waals surface area contributed by atoms with E-state index < -0.39 is 0 Å². The van der Waals surface area contributed by atoms with E-state index in [2.05, 4.69) is 23.6 Å². The van der Waals surface area contributed by atoms with Gasteiger partial charge in [-0.05, 0) is 48.6 Å². The molecule has 3 rings (SSSR count). The molecule has 1 fully saturated rings. The first-order valence-corrected chi connectivity index (χ1v) is 9.39. The molecule has 1 amide bonds. The molecule has 1 aliphatic carbocycles. The topological polar surface area (TPSA) is 41.1 Å². The van der Waals surface area contributed by atoms with E-state index in [0.29, 0.717) is 16.6 Å². The van der Waals surface area contributed by atoms with Crippen LogP contribution in [0.1, 0.15) is 48.5 Å². The first kappa shape index (κ1) is 18.0. The summed E-state index contributed by atoms with van der Waals surface area (Å²) in [5.74, 6) is 0.550. The predicted octanol–water partition coefficient (Wildman–Crippen LogP) is 5.26. The van der Waals surface area contributed by atoms with Crippen molar-refractivity contribution in [3.63, 3.8) is 0 Å². The van der Waals surface area contributed by atoms with E-state index in [1.165, 1.54) is 31.2 Å². The zero-order chi connectivity index (χ0) is 17.6. The van der Waals surface area contributed by atoms with Gasteiger partial charge in [0.2, 0.25) is 0 Å². The van der Waals surface area contributed by atoms with Crippen molar-refractivity contribution in [3.05, 3.63) is 64.7 Å². The Hall–Kier alpha value is -1.84. The van der Waals surface area contributed by atoms with Gasteiger partial charge in [0.15, 0.2) is 0 Å². The number of carbonyl (C=O) groups is 1. The molecule has 2 aromatic rings. The maximum absolute atomic E-state index is 12.4. The van der Waals surface area contributed by atoms with Crippen molar-refractivity contribution in [2.45, 2.75) is 45.2 Å². The van der Waals surface area contributed by atoms with Crippen LogP contribution in [0.3, 0.4) is 0 Å². The Kier molecular flexibility index (Phi) is 6.11. The van der Waals surface area contributed by atoms with E-state index in [0.717, 1.165) is 18.2 Å². The fraction of sp³-hybridized carbons (Fsp3) is 0.381. The fourth-order valence-corrected chi connectivity index (χ4v) is 3.69. The number of halogens is 1. The Morgan fingerprint density at radius 2 is 1.92 bits per heavy atom. The van der Waals surface area contributed by atoms with E-state index >= 15 is 0 Å². The molecule has 4 heteroatoms. The number of rotatable bonds is 5. The fourth-order valence-electron chi connectivity index (χ4n) is 3.47. The van der Waals surface area contributed by atoms with E-state index in [-0.39, 0.29) is 5.91 Å². The molecule has 0 radical (unpaired) electrons. The SMILES string of the molecule is CC1CCCCC1NCc1cccc(NC(=O)c2ccccc2Cl)c1. The third kappa shape index (κ3) is 4.83. The van der Waals surface area contributed by atoms with Crippen molar-refractivity contribution in [1.29, 1.82) is 0 Å². The Balaban J connectivity index is 1.61. The summed E-state index contributed by atoms with van der Waals surface area (Å²) < 4.78 is 0. The summed E-state index contributed by atoms with van der Waals surface area (Å²) in [7, 11) is 0. The van der Waals surface area contributed by atoms with Crippen molar-refractivity contribution >= 4 is 23.2 Å². The lowest BCUT2D eigenvalue weighted by atomic mass is 9.86. The Morgan fingerprint density at radius 3 is 2.72 bits per heavy atom. The Bertz CT molecular complexity index is 731. The largest absolute Gasteiger partial charge is 0.322 e. The molecular formula is C21H25ClN2O. The normalized spacial score (nSPS) is 20.2. The van der Waals surface area contributed by atoms with Crippen molar-refractivity contribution in [3.8, 4) is 0 Å². The highest BCUT2D eigenvalue weighted by atomic mass is 35.5. The van der Waals surface area contributed by atoms with Gasteiger partial charge in [0.1, 0.15) is 0 Å². The summed E-state index contributed by atoms with van der Waals surface area (Å²) in [4.78, 5) is 12.4. The average molecular weight is 357 g/mol. The molecule has 25 heavy (non-hydrogen) atoms. The van der Waals surface area contributed by atoms with Crippen LogP contribution in [0.25, 0.3) is 0 Å². The lowest BCUT2D eigenvalue weighted by Gasteiger charge is -2.29. The van der Waals surface area contributed by atoms with Gasteiger partial charge in [-0.3, -0.25) is 4.79 Å². The molecule has 132 valence electrons. The second kappa shape index (κ2) is 8.50. The van der Waals surface area contributed by atoms with Gasteiger partial charge < -0.3 is 10.6 Å². The maximum atomic E-state index is 12.4. The molecule has 0 spiro atoms. The van der Waals surface area contributed by atoms with Gasteiger partial charge in [-0.2, -0.15) is 0 Å². The third-order valence-corrected chi connectivity index (χ3v) is 5.31. The van der Waals surface area contributed by atoms with Gasteiger partial charge in [0.25, 0.3) is 5.91 Å². The number of hydrogen-bond acceptors (Lipinski definition) is 2. The number of hydrogen-bond donors (Lipinski definition) is 2. The van der Waals surface area contributed by atoms with Gasteiger partial charge in [-0.1, -0.05) is 55.6 Å². The summed E-state index contributed by atoms with van der Waals surface area (Å²) in [6, 6.07) is 15.7. The van der Waals surface area contributed by atoms with Crippen molar-refractivity contribution < 1.29 is 4.79 Å². The monoisotopic (exact) mass is 356 g/mol. The second-order valence-electron chi connectivity index (χ2n) is 6.88. The average Bonchev–Trinajstić information content (AvgIpc) is 2.62. The molecular weight excluding hydrogens is 332 g/mol. The molecule has 1 aliphatic rings. The molecule has 0 aromatic heterocycles. The number of carbonyl (C=O) groups excluding carboxylic acids is 1. The lowest BCUT2D eigenvalue weighted by molar-refractivity contribution is 0.102. The van der Waals surface area contributed by atoms with Crippen LogP contribution in [0, 0.1) is 5.92 Å². The predicted molar refractivity (Wildman–Crippen MR) is 104 cm³/mol. The van der Waals surface area contributed by atoms with Gasteiger partial charge in [-0.15, -0.1) is 0 Å².